The van der Waals surface area contributed by atoms with Crippen LogP contribution in [0.5, 0.6) is 0 Å². The number of hydrogen-bond donors (Lipinski definition) is 0. The lowest BCUT2D eigenvalue weighted by atomic mass is 9.96. The second-order valence-corrected chi connectivity index (χ2v) is 4.74. The Bertz CT molecular complexity index is 1050. The fourth-order valence-electron chi connectivity index (χ4n) is 2.20. The van der Waals surface area contributed by atoms with Crippen LogP contribution in [0.3, 0.4) is 0 Å². The molecule has 1 aromatic heterocycles. The SMILES string of the molecule is [2H]C([2H])([2H])c1ccc(-c2cc(-c3ccccc3C([2H])([2H])[2H])c(C([2H])([2H])[2H])cn2)cc1. The largest absolute Gasteiger partial charge is 0.256 e. The molecule has 1 nitrogen and oxygen atoms in total. The Kier molecular flexibility index (Phi) is 1.73. The van der Waals surface area contributed by atoms with E-state index in [2.05, 4.69) is 4.98 Å². The molecule has 0 spiro atoms. The van der Waals surface area contributed by atoms with E-state index in [1.165, 1.54) is 30.5 Å². The molecule has 0 atom stereocenters. The maximum atomic E-state index is 7.85. The monoisotopic (exact) mass is 282 g/mol. The van der Waals surface area contributed by atoms with Crippen LogP contribution in [0, 0.1) is 20.6 Å². The van der Waals surface area contributed by atoms with Gasteiger partial charge in [-0.3, -0.25) is 4.98 Å². The molecule has 1 heterocycles. The van der Waals surface area contributed by atoms with Crippen molar-refractivity contribution in [1.82, 2.24) is 4.98 Å². The lowest BCUT2D eigenvalue weighted by molar-refractivity contribution is 1.26. The highest BCUT2D eigenvalue weighted by Gasteiger charge is 2.08. The molecule has 0 bridgehead atoms. The third kappa shape index (κ3) is 2.73. The predicted octanol–water partition coefficient (Wildman–Crippen LogP) is 5.34. The summed E-state index contributed by atoms with van der Waals surface area (Å²) in [6.45, 7) is -7.15. The maximum Gasteiger partial charge on any atom is 0.0708 e. The van der Waals surface area contributed by atoms with E-state index in [0.717, 1.165) is 0 Å². The third-order valence-electron chi connectivity index (χ3n) is 3.30. The molecule has 0 fully saturated rings. The molecule has 21 heavy (non-hydrogen) atoms. The van der Waals surface area contributed by atoms with Crippen LogP contribution in [0.4, 0.5) is 0 Å². The van der Waals surface area contributed by atoms with Gasteiger partial charge >= 0.3 is 0 Å². The van der Waals surface area contributed by atoms with E-state index in [9.17, 15) is 0 Å². The lowest BCUT2D eigenvalue weighted by Crippen LogP contribution is -1.91. The van der Waals surface area contributed by atoms with Crippen LogP contribution in [-0.4, -0.2) is 4.98 Å². The van der Waals surface area contributed by atoms with Crippen molar-refractivity contribution in [1.29, 1.82) is 0 Å². The number of benzene rings is 2. The Morgan fingerprint density at radius 3 is 2.38 bits per heavy atom. The highest BCUT2D eigenvalue weighted by atomic mass is 14.7. The standard InChI is InChI=1S/C20H19N/c1-14-8-10-17(11-9-14)20-12-19(16(3)13-21-20)18-7-5-4-6-15(18)2/h4-13H,1-3H3/i1D3,2D3,3D3. The number of aromatic nitrogens is 1. The molecular weight excluding hydrogens is 254 g/mol. The summed E-state index contributed by atoms with van der Waals surface area (Å²) in [5.74, 6) is 0. The molecule has 2 aromatic carbocycles. The maximum absolute atomic E-state index is 7.85. The number of rotatable bonds is 2. The first-order chi connectivity index (χ1) is 13.8. The van der Waals surface area contributed by atoms with Gasteiger partial charge in [0, 0.05) is 24.1 Å². The van der Waals surface area contributed by atoms with E-state index in [0.29, 0.717) is 16.8 Å². The summed E-state index contributed by atoms with van der Waals surface area (Å²) in [6, 6.07) is 13.9. The van der Waals surface area contributed by atoms with Crippen molar-refractivity contribution in [3.8, 4) is 22.4 Å². The van der Waals surface area contributed by atoms with E-state index in [-0.39, 0.29) is 22.3 Å². The first-order valence-corrected chi connectivity index (χ1v) is 6.50. The van der Waals surface area contributed by atoms with E-state index in [1.807, 2.05) is 0 Å². The van der Waals surface area contributed by atoms with Gasteiger partial charge in [0.05, 0.1) is 5.69 Å². The molecule has 1 heteroatoms. The van der Waals surface area contributed by atoms with Crippen molar-refractivity contribution >= 4 is 0 Å². The fourth-order valence-corrected chi connectivity index (χ4v) is 2.20. The minimum atomic E-state index is -2.49. The van der Waals surface area contributed by atoms with Gasteiger partial charge in [0.1, 0.15) is 0 Å². The number of nitrogens with zero attached hydrogens (tertiary/aromatic N) is 1. The first kappa shape index (κ1) is 6.57. The van der Waals surface area contributed by atoms with Crippen LogP contribution < -0.4 is 0 Å². The van der Waals surface area contributed by atoms with Gasteiger partial charge in [0.2, 0.25) is 0 Å². The van der Waals surface area contributed by atoms with Crippen molar-refractivity contribution in [2.24, 2.45) is 0 Å². The minimum Gasteiger partial charge on any atom is -0.256 e. The van der Waals surface area contributed by atoms with Gasteiger partial charge < -0.3 is 0 Å². The highest BCUT2D eigenvalue weighted by molar-refractivity contribution is 5.74. The van der Waals surface area contributed by atoms with E-state index in [1.54, 1.807) is 30.3 Å². The van der Waals surface area contributed by atoms with Crippen LogP contribution >= 0.6 is 0 Å². The quantitative estimate of drug-likeness (QED) is 0.618. The second-order valence-electron chi connectivity index (χ2n) is 4.74. The van der Waals surface area contributed by atoms with Crippen molar-refractivity contribution in [2.75, 3.05) is 0 Å². The molecule has 0 saturated carbocycles. The smallest absolute Gasteiger partial charge is 0.0708 e. The molecule has 104 valence electrons. The minimum absolute atomic E-state index is 0.0467. The fraction of sp³-hybridized carbons (Fsp3) is 0.150. The topological polar surface area (TPSA) is 12.9 Å². The van der Waals surface area contributed by atoms with Gasteiger partial charge in [-0.1, -0.05) is 54.1 Å². The molecule has 0 saturated heterocycles. The Morgan fingerprint density at radius 2 is 1.62 bits per heavy atom. The number of pyridine rings is 1. The van der Waals surface area contributed by atoms with Gasteiger partial charge in [0.25, 0.3) is 0 Å². The zero-order valence-corrected chi connectivity index (χ0v) is 11.2. The molecule has 0 aliphatic rings. The van der Waals surface area contributed by atoms with Gasteiger partial charge in [0.15, 0.2) is 0 Å². The molecule has 0 aliphatic heterocycles. The van der Waals surface area contributed by atoms with Gasteiger partial charge in [-0.25, -0.2) is 0 Å². The van der Waals surface area contributed by atoms with Crippen LogP contribution in [0.2, 0.25) is 0 Å². The highest BCUT2D eigenvalue weighted by Crippen LogP contribution is 2.29. The van der Waals surface area contributed by atoms with Gasteiger partial charge in [-0.15, -0.1) is 0 Å². The van der Waals surface area contributed by atoms with Crippen molar-refractivity contribution in [2.45, 2.75) is 20.6 Å². The summed E-state index contributed by atoms with van der Waals surface area (Å²) in [4.78, 5) is 4.24. The van der Waals surface area contributed by atoms with Crippen molar-refractivity contribution in [3.63, 3.8) is 0 Å². The molecule has 0 radical (unpaired) electrons. The third-order valence-corrected chi connectivity index (χ3v) is 3.30. The average molecular weight is 282 g/mol. The zero-order valence-electron chi connectivity index (χ0n) is 20.2. The Hall–Kier alpha value is -2.41. The molecule has 0 N–H and O–H groups in total. The molecule has 0 aliphatic carbocycles. The molecule has 3 rings (SSSR count). The lowest BCUT2D eigenvalue weighted by Gasteiger charge is -2.11. The normalized spacial score (nSPS) is 18.8. The average Bonchev–Trinajstić information content (AvgIpc) is 2.65. The summed E-state index contributed by atoms with van der Waals surface area (Å²) in [7, 11) is 0. The van der Waals surface area contributed by atoms with Crippen LogP contribution in [0.25, 0.3) is 22.4 Å². The summed E-state index contributed by atoms with van der Waals surface area (Å²) >= 11 is 0. The summed E-state index contributed by atoms with van der Waals surface area (Å²) in [5.41, 5.74) is 1.73. The second kappa shape index (κ2) is 5.53. The first-order valence-electron chi connectivity index (χ1n) is 11.0. The van der Waals surface area contributed by atoms with Crippen LogP contribution in [-0.2, 0) is 0 Å². The summed E-state index contributed by atoms with van der Waals surface area (Å²) in [5, 5.41) is 0. The Labute approximate surface area is 139 Å². The number of hydrogen-bond acceptors (Lipinski definition) is 1. The molecule has 0 unspecified atom stereocenters. The summed E-state index contributed by atoms with van der Waals surface area (Å²) in [6.07, 6.45) is 1.23. The zero-order chi connectivity index (χ0) is 22.3. The van der Waals surface area contributed by atoms with Crippen molar-refractivity contribution in [3.05, 3.63) is 77.5 Å². The summed E-state index contributed by atoms with van der Waals surface area (Å²) < 4.78 is 69.4. The van der Waals surface area contributed by atoms with Crippen molar-refractivity contribution < 1.29 is 12.3 Å². The Balaban J connectivity index is 2.21. The molecular formula is C20H19N. The van der Waals surface area contributed by atoms with Gasteiger partial charge in [-0.05, 0) is 48.9 Å². The van der Waals surface area contributed by atoms with Gasteiger partial charge in [-0.2, -0.15) is 0 Å². The van der Waals surface area contributed by atoms with E-state index >= 15 is 0 Å². The van der Waals surface area contributed by atoms with E-state index < -0.39 is 20.6 Å². The van der Waals surface area contributed by atoms with E-state index in [4.69, 9.17) is 12.3 Å². The number of aryl methyl sites for hydroxylation is 3. The molecule has 0 amide bonds. The van der Waals surface area contributed by atoms with Crippen LogP contribution in [0.15, 0.2) is 60.8 Å². The Morgan fingerprint density at radius 1 is 0.810 bits per heavy atom. The van der Waals surface area contributed by atoms with Crippen LogP contribution in [0.1, 0.15) is 29.0 Å². The predicted molar refractivity (Wildman–Crippen MR) is 89.3 cm³/mol. The molecule has 3 aromatic rings.